The van der Waals surface area contributed by atoms with E-state index < -0.39 is 0 Å². The fourth-order valence-corrected chi connectivity index (χ4v) is 2.23. The van der Waals surface area contributed by atoms with Crippen molar-refractivity contribution in [2.24, 2.45) is 16.5 Å². The van der Waals surface area contributed by atoms with Crippen molar-refractivity contribution in [3.05, 3.63) is 58.7 Å². The summed E-state index contributed by atoms with van der Waals surface area (Å²) >= 11 is 0. The molecular formula is C17H21N3O. The topological polar surface area (TPSA) is 73.6 Å². The number of ether oxygens (including phenoxy) is 1. The molecular weight excluding hydrogens is 262 g/mol. The van der Waals surface area contributed by atoms with Gasteiger partial charge >= 0.3 is 0 Å². The predicted molar refractivity (Wildman–Crippen MR) is 86.7 cm³/mol. The highest BCUT2D eigenvalue weighted by molar-refractivity contribution is 5.75. The molecule has 2 rings (SSSR count). The number of benzene rings is 2. The lowest BCUT2D eigenvalue weighted by Gasteiger charge is -2.11. The van der Waals surface area contributed by atoms with E-state index in [0.717, 1.165) is 22.6 Å². The van der Waals surface area contributed by atoms with Crippen LogP contribution in [0.3, 0.4) is 0 Å². The van der Waals surface area contributed by atoms with Crippen molar-refractivity contribution in [2.75, 3.05) is 0 Å². The van der Waals surface area contributed by atoms with Gasteiger partial charge in [-0.05, 0) is 61.2 Å². The Morgan fingerprint density at radius 1 is 1.00 bits per heavy atom. The summed E-state index contributed by atoms with van der Waals surface area (Å²) in [5, 5.41) is 0. The molecule has 0 aliphatic rings. The Hall–Kier alpha value is -2.49. The highest BCUT2D eigenvalue weighted by atomic mass is 16.5. The Morgan fingerprint density at radius 3 is 2.24 bits per heavy atom. The molecule has 4 N–H and O–H groups in total. The van der Waals surface area contributed by atoms with Gasteiger partial charge in [0.1, 0.15) is 11.5 Å². The van der Waals surface area contributed by atoms with E-state index in [0.29, 0.717) is 6.54 Å². The molecule has 0 aromatic heterocycles. The van der Waals surface area contributed by atoms with Crippen LogP contribution in [0.25, 0.3) is 0 Å². The molecule has 0 bridgehead atoms. The van der Waals surface area contributed by atoms with Gasteiger partial charge in [-0.3, -0.25) is 0 Å². The first-order chi connectivity index (χ1) is 9.94. The number of aryl methyl sites for hydroxylation is 3. The molecule has 0 aliphatic heterocycles. The Kier molecular flexibility index (Phi) is 4.48. The molecule has 0 saturated carbocycles. The lowest BCUT2D eigenvalue weighted by atomic mass is 10.1. The number of hydrogen-bond donors (Lipinski definition) is 2. The minimum absolute atomic E-state index is 0.100. The summed E-state index contributed by atoms with van der Waals surface area (Å²) in [6.07, 6.45) is 0. The van der Waals surface area contributed by atoms with Gasteiger partial charge in [0.15, 0.2) is 5.96 Å². The van der Waals surface area contributed by atoms with Gasteiger partial charge in [0, 0.05) is 0 Å². The van der Waals surface area contributed by atoms with Crippen LogP contribution in [-0.2, 0) is 6.54 Å². The number of aliphatic imine (C=N–C) groups is 1. The van der Waals surface area contributed by atoms with Crippen molar-refractivity contribution >= 4 is 5.96 Å². The maximum atomic E-state index is 5.97. The average Bonchev–Trinajstić information content (AvgIpc) is 2.38. The van der Waals surface area contributed by atoms with Gasteiger partial charge in [0.2, 0.25) is 0 Å². The lowest BCUT2D eigenvalue weighted by Crippen LogP contribution is -2.22. The number of rotatable bonds is 4. The first kappa shape index (κ1) is 14.9. The van der Waals surface area contributed by atoms with E-state index >= 15 is 0 Å². The van der Waals surface area contributed by atoms with Crippen molar-refractivity contribution in [2.45, 2.75) is 27.3 Å². The van der Waals surface area contributed by atoms with E-state index in [9.17, 15) is 0 Å². The zero-order valence-electron chi connectivity index (χ0n) is 12.7. The van der Waals surface area contributed by atoms with Gasteiger partial charge in [-0.25, -0.2) is 4.99 Å². The van der Waals surface area contributed by atoms with Gasteiger partial charge in [0.05, 0.1) is 6.54 Å². The molecule has 0 radical (unpaired) electrons. The Morgan fingerprint density at radius 2 is 1.67 bits per heavy atom. The summed E-state index contributed by atoms with van der Waals surface area (Å²) < 4.78 is 5.97. The summed E-state index contributed by atoms with van der Waals surface area (Å²) in [5.41, 5.74) is 15.2. The summed E-state index contributed by atoms with van der Waals surface area (Å²) in [6.45, 7) is 6.61. The zero-order chi connectivity index (χ0) is 15.4. The smallest absolute Gasteiger partial charge is 0.186 e. The molecule has 2 aromatic carbocycles. The summed E-state index contributed by atoms with van der Waals surface area (Å²) in [7, 11) is 0. The first-order valence-corrected chi connectivity index (χ1v) is 6.85. The zero-order valence-corrected chi connectivity index (χ0v) is 12.7. The van der Waals surface area contributed by atoms with Gasteiger partial charge < -0.3 is 16.2 Å². The third kappa shape index (κ3) is 4.24. The van der Waals surface area contributed by atoms with Gasteiger partial charge in [0.25, 0.3) is 0 Å². The lowest BCUT2D eigenvalue weighted by molar-refractivity contribution is 0.478. The number of nitrogens with zero attached hydrogens (tertiary/aromatic N) is 1. The van der Waals surface area contributed by atoms with Crippen LogP contribution in [-0.4, -0.2) is 5.96 Å². The average molecular weight is 283 g/mol. The Labute approximate surface area is 125 Å². The van der Waals surface area contributed by atoms with Gasteiger partial charge in [-0.15, -0.1) is 0 Å². The molecule has 0 heterocycles. The fraction of sp³-hybridized carbons (Fsp3) is 0.235. The molecule has 4 nitrogen and oxygen atoms in total. The van der Waals surface area contributed by atoms with Crippen LogP contribution in [0.4, 0.5) is 0 Å². The summed E-state index contributed by atoms with van der Waals surface area (Å²) in [4.78, 5) is 4.00. The Balaban J connectivity index is 2.19. The minimum Gasteiger partial charge on any atom is -0.457 e. The molecule has 2 aromatic rings. The normalized spacial score (nSPS) is 10.2. The SMILES string of the molecule is Cc1cc(C)cc(Oc2ccc(CN=C(N)N)cc2C)c1. The standard InChI is InChI=1S/C17H21N3O/c1-11-6-12(2)8-15(7-11)21-16-5-4-14(9-13(16)3)10-20-17(18)19/h4-9H,10H2,1-3H3,(H4,18,19,20). The van der Waals surface area contributed by atoms with E-state index in [2.05, 4.69) is 24.9 Å². The van der Waals surface area contributed by atoms with E-state index in [1.807, 2.05) is 37.3 Å². The number of nitrogens with two attached hydrogens (primary N) is 2. The van der Waals surface area contributed by atoms with Crippen molar-refractivity contribution < 1.29 is 4.74 Å². The van der Waals surface area contributed by atoms with Crippen LogP contribution in [0.5, 0.6) is 11.5 Å². The number of hydrogen-bond acceptors (Lipinski definition) is 2. The van der Waals surface area contributed by atoms with Crippen LogP contribution >= 0.6 is 0 Å². The quantitative estimate of drug-likeness (QED) is 0.668. The van der Waals surface area contributed by atoms with Crippen molar-refractivity contribution in [3.63, 3.8) is 0 Å². The number of guanidine groups is 1. The van der Waals surface area contributed by atoms with E-state index in [-0.39, 0.29) is 5.96 Å². The fourth-order valence-electron chi connectivity index (χ4n) is 2.23. The molecule has 0 atom stereocenters. The molecule has 4 heteroatoms. The predicted octanol–water partition coefficient (Wildman–Crippen LogP) is 3.18. The molecule has 0 unspecified atom stereocenters. The third-order valence-corrected chi connectivity index (χ3v) is 3.11. The molecule has 0 spiro atoms. The molecule has 0 fully saturated rings. The van der Waals surface area contributed by atoms with Crippen molar-refractivity contribution in [1.82, 2.24) is 0 Å². The second-order valence-electron chi connectivity index (χ2n) is 5.27. The first-order valence-electron chi connectivity index (χ1n) is 6.85. The molecule has 0 amide bonds. The largest absolute Gasteiger partial charge is 0.457 e. The summed E-state index contributed by atoms with van der Waals surface area (Å²) in [6, 6.07) is 12.1. The summed E-state index contributed by atoms with van der Waals surface area (Å²) in [5.74, 6) is 1.80. The van der Waals surface area contributed by atoms with Gasteiger partial charge in [-0.1, -0.05) is 18.2 Å². The van der Waals surface area contributed by atoms with Crippen LogP contribution in [0.2, 0.25) is 0 Å². The molecule has 0 aliphatic carbocycles. The second-order valence-corrected chi connectivity index (χ2v) is 5.27. The third-order valence-electron chi connectivity index (χ3n) is 3.11. The highest BCUT2D eigenvalue weighted by Crippen LogP contribution is 2.27. The van der Waals surface area contributed by atoms with Crippen LogP contribution in [0, 0.1) is 20.8 Å². The maximum Gasteiger partial charge on any atom is 0.186 e. The minimum atomic E-state index is 0.100. The van der Waals surface area contributed by atoms with Crippen LogP contribution in [0.1, 0.15) is 22.3 Å². The van der Waals surface area contributed by atoms with E-state index in [1.165, 1.54) is 11.1 Å². The van der Waals surface area contributed by atoms with E-state index in [4.69, 9.17) is 16.2 Å². The Bertz CT molecular complexity index is 653. The van der Waals surface area contributed by atoms with Crippen LogP contribution in [0.15, 0.2) is 41.4 Å². The van der Waals surface area contributed by atoms with E-state index in [1.54, 1.807) is 0 Å². The molecule has 0 saturated heterocycles. The maximum absolute atomic E-state index is 5.97. The van der Waals surface area contributed by atoms with Crippen molar-refractivity contribution in [1.29, 1.82) is 0 Å². The monoisotopic (exact) mass is 283 g/mol. The molecule has 110 valence electrons. The van der Waals surface area contributed by atoms with Crippen LogP contribution < -0.4 is 16.2 Å². The van der Waals surface area contributed by atoms with Crippen molar-refractivity contribution in [3.8, 4) is 11.5 Å². The van der Waals surface area contributed by atoms with Gasteiger partial charge in [-0.2, -0.15) is 0 Å². The second kappa shape index (κ2) is 6.31. The highest BCUT2D eigenvalue weighted by Gasteiger charge is 2.04. The molecule has 21 heavy (non-hydrogen) atoms.